The first-order valence-electron chi connectivity index (χ1n) is 5.38. The highest BCUT2D eigenvalue weighted by molar-refractivity contribution is 9.11. The van der Waals surface area contributed by atoms with Gasteiger partial charge in [-0.1, -0.05) is 43.5 Å². The fourth-order valence-corrected chi connectivity index (χ4v) is 2.85. The summed E-state index contributed by atoms with van der Waals surface area (Å²) in [5.74, 6) is 0. The van der Waals surface area contributed by atoms with Gasteiger partial charge < -0.3 is 5.11 Å². The van der Waals surface area contributed by atoms with E-state index in [1.165, 1.54) is 0 Å². The summed E-state index contributed by atoms with van der Waals surface area (Å²) in [5.41, 5.74) is 1.36. The topological polar surface area (TPSA) is 38.0 Å². The molecule has 1 unspecified atom stereocenters. The standard InChI is InChI=1S/C12H11Br2ClN2O/c1-2-17-11(10(15)6-16-17)12(18)8-5-7(13)3-4-9(8)14/h3-6,12,18H,2H2,1H3. The molecule has 0 amide bonds. The lowest BCUT2D eigenvalue weighted by atomic mass is 10.1. The molecule has 6 heteroatoms. The SMILES string of the molecule is CCn1ncc(Cl)c1C(O)c1cc(Br)ccc1Br. The first kappa shape index (κ1) is 14.1. The van der Waals surface area contributed by atoms with Crippen molar-refractivity contribution in [2.75, 3.05) is 0 Å². The van der Waals surface area contributed by atoms with Crippen LogP contribution in [0, 0.1) is 0 Å². The van der Waals surface area contributed by atoms with Crippen LogP contribution in [0.2, 0.25) is 5.02 Å². The van der Waals surface area contributed by atoms with Crippen molar-refractivity contribution < 1.29 is 5.11 Å². The Labute approximate surface area is 127 Å². The molecule has 0 aliphatic heterocycles. The van der Waals surface area contributed by atoms with Crippen molar-refractivity contribution >= 4 is 43.5 Å². The van der Waals surface area contributed by atoms with Crippen LogP contribution in [-0.2, 0) is 6.54 Å². The number of halogens is 3. The van der Waals surface area contributed by atoms with Crippen LogP contribution in [0.4, 0.5) is 0 Å². The molecule has 18 heavy (non-hydrogen) atoms. The number of benzene rings is 1. The lowest BCUT2D eigenvalue weighted by Gasteiger charge is -2.15. The van der Waals surface area contributed by atoms with Gasteiger partial charge in [0.05, 0.1) is 16.9 Å². The summed E-state index contributed by atoms with van der Waals surface area (Å²) in [6.07, 6.45) is 0.738. The second-order valence-corrected chi connectivity index (χ2v) is 5.94. The molecule has 0 saturated heterocycles. The molecule has 0 spiro atoms. The summed E-state index contributed by atoms with van der Waals surface area (Å²) in [7, 11) is 0. The largest absolute Gasteiger partial charge is 0.382 e. The molecule has 1 aromatic heterocycles. The highest BCUT2D eigenvalue weighted by Gasteiger charge is 2.21. The van der Waals surface area contributed by atoms with Crippen molar-refractivity contribution in [3.05, 3.63) is 49.6 Å². The van der Waals surface area contributed by atoms with Crippen LogP contribution in [0.3, 0.4) is 0 Å². The van der Waals surface area contributed by atoms with Crippen LogP contribution < -0.4 is 0 Å². The summed E-state index contributed by atoms with van der Waals surface area (Å²) in [5, 5.41) is 15.1. The van der Waals surface area contributed by atoms with Gasteiger partial charge in [-0.05, 0) is 25.1 Å². The molecule has 1 heterocycles. The number of hydrogen-bond acceptors (Lipinski definition) is 2. The monoisotopic (exact) mass is 392 g/mol. The van der Waals surface area contributed by atoms with Gasteiger partial charge in [0.1, 0.15) is 6.10 Å². The Balaban J connectivity index is 2.50. The van der Waals surface area contributed by atoms with E-state index in [1.807, 2.05) is 25.1 Å². The smallest absolute Gasteiger partial charge is 0.123 e. The van der Waals surface area contributed by atoms with Gasteiger partial charge in [0, 0.05) is 21.1 Å². The summed E-state index contributed by atoms with van der Waals surface area (Å²) in [6, 6.07) is 5.64. The van der Waals surface area contributed by atoms with Crippen LogP contribution >= 0.6 is 43.5 Å². The van der Waals surface area contributed by atoms with Gasteiger partial charge in [-0.15, -0.1) is 0 Å². The number of aliphatic hydroxyl groups excluding tert-OH is 1. The number of aryl methyl sites for hydroxylation is 1. The first-order chi connectivity index (χ1) is 8.54. The van der Waals surface area contributed by atoms with Crippen molar-refractivity contribution in [2.45, 2.75) is 19.6 Å². The predicted octanol–water partition coefficient (Wildman–Crippen LogP) is 4.16. The predicted molar refractivity (Wildman–Crippen MR) is 78.8 cm³/mol. The average molecular weight is 394 g/mol. The Morgan fingerprint density at radius 3 is 2.83 bits per heavy atom. The maximum absolute atomic E-state index is 10.5. The Hall–Kier alpha value is -0.360. The van der Waals surface area contributed by atoms with Crippen molar-refractivity contribution in [3.8, 4) is 0 Å². The molecule has 0 saturated carbocycles. The van der Waals surface area contributed by atoms with E-state index in [9.17, 15) is 5.11 Å². The molecule has 1 N–H and O–H groups in total. The van der Waals surface area contributed by atoms with Crippen LogP contribution in [0.5, 0.6) is 0 Å². The van der Waals surface area contributed by atoms with E-state index in [0.717, 1.165) is 14.5 Å². The van der Waals surface area contributed by atoms with Crippen LogP contribution in [0.15, 0.2) is 33.3 Å². The minimum atomic E-state index is -0.813. The molecule has 0 bridgehead atoms. The third-order valence-electron chi connectivity index (χ3n) is 2.64. The van der Waals surface area contributed by atoms with E-state index in [4.69, 9.17) is 11.6 Å². The van der Waals surface area contributed by atoms with Gasteiger partial charge >= 0.3 is 0 Å². The van der Waals surface area contributed by atoms with E-state index in [1.54, 1.807) is 10.9 Å². The van der Waals surface area contributed by atoms with Gasteiger partial charge in [-0.2, -0.15) is 5.10 Å². The zero-order valence-electron chi connectivity index (χ0n) is 9.57. The number of rotatable bonds is 3. The quantitative estimate of drug-likeness (QED) is 0.849. The number of aliphatic hydroxyl groups is 1. The van der Waals surface area contributed by atoms with E-state index in [0.29, 0.717) is 17.3 Å². The highest BCUT2D eigenvalue weighted by atomic mass is 79.9. The molecule has 3 nitrogen and oxygen atoms in total. The molecule has 0 aliphatic carbocycles. The summed E-state index contributed by atoms with van der Waals surface area (Å²) >= 11 is 12.9. The summed E-state index contributed by atoms with van der Waals surface area (Å²) in [4.78, 5) is 0. The molecule has 1 atom stereocenters. The van der Waals surface area contributed by atoms with Crippen LogP contribution in [0.1, 0.15) is 24.3 Å². The zero-order chi connectivity index (χ0) is 13.3. The highest BCUT2D eigenvalue weighted by Crippen LogP contribution is 2.33. The number of aromatic nitrogens is 2. The second kappa shape index (κ2) is 5.74. The van der Waals surface area contributed by atoms with Crippen LogP contribution in [-0.4, -0.2) is 14.9 Å². The molecule has 0 aliphatic rings. The normalized spacial score (nSPS) is 12.7. The van der Waals surface area contributed by atoms with Crippen molar-refractivity contribution in [3.63, 3.8) is 0 Å². The summed E-state index contributed by atoms with van der Waals surface area (Å²) in [6.45, 7) is 2.61. The number of hydrogen-bond donors (Lipinski definition) is 1. The van der Waals surface area contributed by atoms with E-state index in [-0.39, 0.29) is 0 Å². The van der Waals surface area contributed by atoms with Gasteiger partial charge in [-0.25, -0.2) is 0 Å². The molecular formula is C12H11Br2ClN2O. The van der Waals surface area contributed by atoms with Crippen molar-refractivity contribution in [1.82, 2.24) is 9.78 Å². The van der Waals surface area contributed by atoms with Gasteiger partial charge in [0.15, 0.2) is 0 Å². The summed E-state index contributed by atoms with van der Waals surface area (Å²) < 4.78 is 3.43. The Bertz CT molecular complexity index is 571. The lowest BCUT2D eigenvalue weighted by molar-refractivity contribution is 0.207. The first-order valence-corrected chi connectivity index (χ1v) is 7.35. The fraction of sp³-hybridized carbons (Fsp3) is 0.250. The maximum atomic E-state index is 10.5. The Morgan fingerprint density at radius 2 is 2.17 bits per heavy atom. The third-order valence-corrected chi connectivity index (χ3v) is 4.15. The third kappa shape index (κ3) is 2.64. The molecule has 2 aromatic rings. The molecular weight excluding hydrogens is 383 g/mol. The maximum Gasteiger partial charge on any atom is 0.123 e. The molecule has 96 valence electrons. The van der Waals surface area contributed by atoms with Crippen LogP contribution in [0.25, 0.3) is 0 Å². The fourth-order valence-electron chi connectivity index (χ4n) is 1.77. The molecule has 2 rings (SSSR count). The minimum absolute atomic E-state index is 0.469. The van der Waals surface area contributed by atoms with E-state index >= 15 is 0 Å². The number of nitrogens with zero attached hydrogens (tertiary/aromatic N) is 2. The molecule has 0 fully saturated rings. The average Bonchev–Trinajstić information content (AvgIpc) is 2.72. The lowest BCUT2D eigenvalue weighted by Crippen LogP contribution is -2.10. The van der Waals surface area contributed by atoms with Gasteiger partial charge in [0.2, 0.25) is 0 Å². The minimum Gasteiger partial charge on any atom is -0.382 e. The molecule has 1 aromatic carbocycles. The zero-order valence-corrected chi connectivity index (χ0v) is 13.5. The van der Waals surface area contributed by atoms with Crippen molar-refractivity contribution in [2.24, 2.45) is 0 Å². The van der Waals surface area contributed by atoms with E-state index in [2.05, 4.69) is 37.0 Å². The van der Waals surface area contributed by atoms with Gasteiger partial charge in [-0.3, -0.25) is 4.68 Å². The Morgan fingerprint density at radius 1 is 1.44 bits per heavy atom. The molecule has 0 radical (unpaired) electrons. The van der Waals surface area contributed by atoms with Gasteiger partial charge in [0.25, 0.3) is 0 Å². The Kier molecular flexibility index (Phi) is 4.48. The van der Waals surface area contributed by atoms with E-state index < -0.39 is 6.10 Å². The van der Waals surface area contributed by atoms with Crippen molar-refractivity contribution in [1.29, 1.82) is 0 Å². The second-order valence-electron chi connectivity index (χ2n) is 3.76.